The summed E-state index contributed by atoms with van der Waals surface area (Å²) in [5, 5.41) is 11.3. The highest BCUT2D eigenvalue weighted by Crippen LogP contribution is 2.63. The standard InChI is InChI=1S/C29H41BrO3/c1-20(31)33-27-14-13-26-28-21(10-8-6-4-3-5-7-9-17-30)18-22-19-23(32)11-12-24(22)25(28)15-16-29(26,27)2/h11-12,18-19,25-28,32H,3-10,13-17H2,1-2H3/t25-,26+,27+,28-,29+/m1/s1. The highest BCUT2D eigenvalue weighted by atomic mass is 79.9. The first kappa shape index (κ1) is 24.8. The minimum atomic E-state index is -0.139. The summed E-state index contributed by atoms with van der Waals surface area (Å²) in [6.45, 7) is 3.93. The molecule has 0 radical (unpaired) electrons. The quantitative estimate of drug-likeness (QED) is 0.194. The van der Waals surface area contributed by atoms with Crippen LogP contribution in [0.1, 0.15) is 108 Å². The van der Waals surface area contributed by atoms with Crippen molar-refractivity contribution in [3.63, 3.8) is 0 Å². The van der Waals surface area contributed by atoms with Crippen LogP contribution < -0.4 is 0 Å². The summed E-state index contributed by atoms with van der Waals surface area (Å²) in [7, 11) is 0. The van der Waals surface area contributed by atoms with Crippen molar-refractivity contribution in [1.29, 1.82) is 0 Å². The van der Waals surface area contributed by atoms with Gasteiger partial charge in [0.15, 0.2) is 0 Å². The monoisotopic (exact) mass is 516 g/mol. The fourth-order valence-electron chi connectivity index (χ4n) is 7.22. The van der Waals surface area contributed by atoms with Gasteiger partial charge in [0.2, 0.25) is 0 Å². The number of carbonyl (C=O) groups is 1. The summed E-state index contributed by atoms with van der Waals surface area (Å²) < 4.78 is 5.84. The molecule has 0 bridgehead atoms. The van der Waals surface area contributed by atoms with Crippen LogP contribution in [0, 0.1) is 17.3 Å². The lowest BCUT2D eigenvalue weighted by atomic mass is 9.54. The van der Waals surface area contributed by atoms with Crippen LogP contribution in [0.5, 0.6) is 5.75 Å². The molecule has 4 rings (SSSR count). The number of phenolic OH excluding ortho intramolecular Hbond substituents is 1. The van der Waals surface area contributed by atoms with Crippen LogP contribution in [0.2, 0.25) is 0 Å². The highest BCUT2D eigenvalue weighted by Gasteiger charge is 2.56. The van der Waals surface area contributed by atoms with Crippen LogP contribution in [0.3, 0.4) is 0 Å². The molecule has 0 aliphatic heterocycles. The molecule has 0 spiro atoms. The number of hydrogen-bond donors (Lipinski definition) is 1. The molecule has 0 aromatic heterocycles. The molecule has 1 aromatic carbocycles. The predicted octanol–water partition coefficient (Wildman–Crippen LogP) is 8.15. The third-order valence-electron chi connectivity index (χ3n) is 8.83. The van der Waals surface area contributed by atoms with Crippen LogP contribution in [-0.4, -0.2) is 22.5 Å². The van der Waals surface area contributed by atoms with Crippen molar-refractivity contribution in [3.05, 3.63) is 34.9 Å². The van der Waals surface area contributed by atoms with Gasteiger partial charge in [0.1, 0.15) is 11.9 Å². The number of aromatic hydroxyl groups is 1. The molecule has 0 unspecified atom stereocenters. The van der Waals surface area contributed by atoms with Crippen molar-refractivity contribution >= 4 is 28.0 Å². The van der Waals surface area contributed by atoms with Crippen LogP contribution in [0.25, 0.3) is 6.08 Å². The average Bonchev–Trinajstić information content (AvgIpc) is 3.10. The fourth-order valence-corrected chi connectivity index (χ4v) is 7.62. The largest absolute Gasteiger partial charge is 0.508 e. The lowest BCUT2D eigenvalue weighted by Crippen LogP contribution is -2.45. The number of rotatable bonds is 10. The van der Waals surface area contributed by atoms with Crippen LogP contribution in [0.15, 0.2) is 23.8 Å². The van der Waals surface area contributed by atoms with E-state index in [9.17, 15) is 9.90 Å². The Bertz CT molecular complexity index is 862. The molecule has 33 heavy (non-hydrogen) atoms. The van der Waals surface area contributed by atoms with Gasteiger partial charge in [-0.1, -0.05) is 72.7 Å². The first-order chi connectivity index (χ1) is 15.9. The van der Waals surface area contributed by atoms with Crippen molar-refractivity contribution in [3.8, 4) is 5.75 Å². The van der Waals surface area contributed by atoms with Gasteiger partial charge in [0, 0.05) is 17.7 Å². The van der Waals surface area contributed by atoms with Crippen molar-refractivity contribution in [2.45, 2.75) is 103 Å². The number of ether oxygens (including phenoxy) is 1. The third-order valence-corrected chi connectivity index (χ3v) is 9.39. The molecule has 1 N–H and O–H groups in total. The topological polar surface area (TPSA) is 46.5 Å². The summed E-state index contributed by atoms with van der Waals surface area (Å²) in [5.74, 6) is 1.86. The number of carbonyl (C=O) groups excluding carboxylic acids is 1. The zero-order valence-electron chi connectivity index (χ0n) is 20.5. The average molecular weight is 518 g/mol. The minimum Gasteiger partial charge on any atom is -0.508 e. The fraction of sp³-hybridized carbons (Fsp3) is 0.690. The van der Waals surface area contributed by atoms with E-state index in [-0.39, 0.29) is 17.5 Å². The number of fused-ring (bicyclic) bond motifs is 5. The Kier molecular flexibility index (Phi) is 8.25. The molecule has 1 aromatic rings. The Morgan fingerprint density at radius 1 is 1.09 bits per heavy atom. The Hall–Kier alpha value is -1.29. The van der Waals surface area contributed by atoms with E-state index in [0.29, 0.717) is 23.5 Å². The molecule has 3 aliphatic carbocycles. The Balaban J connectivity index is 1.49. The molecule has 3 nitrogen and oxygen atoms in total. The number of phenols is 1. The number of alkyl halides is 1. The van der Waals surface area contributed by atoms with Gasteiger partial charge in [-0.2, -0.15) is 0 Å². The summed E-state index contributed by atoms with van der Waals surface area (Å²) in [4.78, 5) is 11.8. The van der Waals surface area contributed by atoms with Crippen molar-refractivity contribution < 1.29 is 14.6 Å². The zero-order valence-corrected chi connectivity index (χ0v) is 22.0. The molecule has 4 heteroatoms. The van der Waals surface area contributed by atoms with Crippen molar-refractivity contribution in [2.75, 3.05) is 5.33 Å². The molecule has 182 valence electrons. The van der Waals surface area contributed by atoms with E-state index in [1.54, 1.807) is 12.5 Å². The minimum absolute atomic E-state index is 0.0583. The van der Waals surface area contributed by atoms with E-state index in [4.69, 9.17) is 4.74 Å². The van der Waals surface area contributed by atoms with Crippen LogP contribution in [0.4, 0.5) is 0 Å². The van der Waals surface area contributed by atoms with E-state index in [2.05, 4.69) is 35.0 Å². The molecular weight excluding hydrogens is 476 g/mol. The van der Waals surface area contributed by atoms with Gasteiger partial charge in [0.25, 0.3) is 0 Å². The van der Waals surface area contributed by atoms with Gasteiger partial charge in [-0.25, -0.2) is 0 Å². The molecule has 2 fully saturated rings. The Labute approximate surface area is 208 Å². The van der Waals surface area contributed by atoms with Crippen LogP contribution in [-0.2, 0) is 9.53 Å². The second kappa shape index (κ2) is 11.0. The molecular formula is C29H41BrO3. The smallest absolute Gasteiger partial charge is 0.302 e. The van der Waals surface area contributed by atoms with E-state index in [1.165, 1.54) is 56.1 Å². The molecule has 5 atom stereocenters. The van der Waals surface area contributed by atoms with E-state index < -0.39 is 0 Å². The van der Waals surface area contributed by atoms with Crippen molar-refractivity contribution in [1.82, 2.24) is 0 Å². The number of unbranched alkanes of at least 4 members (excludes halogenated alkanes) is 6. The van der Waals surface area contributed by atoms with E-state index in [1.807, 2.05) is 12.1 Å². The molecule has 0 heterocycles. The highest BCUT2D eigenvalue weighted by molar-refractivity contribution is 9.09. The first-order valence-corrected chi connectivity index (χ1v) is 14.3. The molecule has 2 saturated carbocycles. The molecule has 0 amide bonds. The Morgan fingerprint density at radius 3 is 2.55 bits per heavy atom. The van der Waals surface area contributed by atoms with Gasteiger partial charge in [-0.15, -0.1) is 0 Å². The lowest BCUT2D eigenvalue weighted by Gasteiger charge is -2.50. The maximum atomic E-state index is 11.8. The summed E-state index contributed by atoms with van der Waals surface area (Å²) in [6.07, 6.45) is 17.2. The molecule has 0 saturated heterocycles. The maximum Gasteiger partial charge on any atom is 0.302 e. The lowest BCUT2D eigenvalue weighted by molar-refractivity contribution is -0.154. The normalized spacial score (nSPS) is 30.2. The van der Waals surface area contributed by atoms with Crippen molar-refractivity contribution in [2.24, 2.45) is 17.3 Å². The number of halogens is 1. The number of hydrogen-bond acceptors (Lipinski definition) is 3. The van der Waals surface area contributed by atoms with E-state index >= 15 is 0 Å². The van der Waals surface area contributed by atoms with Gasteiger partial charge in [-0.3, -0.25) is 4.79 Å². The van der Waals surface area contributed by atoms with Gasteiger partial charge >= 0.3 is 5.97 Å². The van der Waals surface area contributed by atoms with Crippen LogP contribution >= 0.6 is 15.9 Å². The predicted molar refractivity (Wildman–Crippen MR) is 139 cm³/mol. The number of allylic oxidation sites excluding steroid dienone is 1. The zero-order chi connectivity index (χ0) is 23.4. The van der Waals surface area contributed by atoms with Gasteiger partial charge in [0.05, 0.1) is 0 Å². The SMILES string of the molecule is CC(=O)O[C@H]1CC[C@H]2[C@@H]3C(CCCCCCCCCBr)=Cc4cc(O)ccc4[C@H]3CC[C@]12C. The Morgan fingerprint density at radius 2 is 1.82 bits per heavy atom. The number of esters is 1. The number of benzene rings is 1. The summed E-state index contributed by atoms with van der Waals surface area (Å²) in [6, 6.07) is 5.97. The van der Waals surface area contributed by atoms with E-state index in [0.717, 1.165) is 37.4 Å². The second-order valence-corrected chi connectivity index (χ2v) is 11.7. The summed E-state index contributed by atoms with van der Waals surface area (Å²) in [5.41, 5.74) is 4.29. The third kappa shape index (κ3) is 5.36. The maximum absolute atomic E-state index is 11.8. The second-order valence-electron chi connectivity index (χ2n) is 10.9. The van der Waals surface area contributed by atoms with Gasteiger partial charge < -0.3 is 9.84 Å². The first-order valence-electron chi connectivity index (χ1n) is 13.2. The molecule has 3 aliphatic rings. The van der Waals surface area contributed by atoms with Gasteiger partial charge in [-0.05, 0) is 86.0 Å². The summed E-state index contributed by atoms with van der Waals surface area (Å²) >= 11 is 3.52.